The highest BCUT2D eigenvalue weighted by Crippen LogP contribution is 2.14. The van der Waals surface area contributed by atoms with Gasteiger partial charge >= 0.3 is 0 Å². The molecule has 0 saturated carbocycles. The summed E-state index contributed by atoms with van der Waals surface area (Å²) in [5.41, 5.74) is 0. The van der Waals surface area contributed by atoms with E-state index in [0.29, 0.717) is 0 Å². The summed E-state index contributed by atoms with van der Waals surface area (Å²) in [5, 5.41) is 19.0. The van der Waals surface area contributed by atoms with E-state index in [4.69, 9.17) is 5.11 Å². The Morgan fingerprint density at radius 3 is 1.45 bits per heavy atom. The topological polar surface area (TPSA) is 40.5 Å². The minimum atomic E-state index is -0.144. The number of rotatable bonds is 15. The van der Waals surface area contributed by atoms with E-state index in [1.807, 2.05) is 6.92 Å². The van der Waals surface area contributed by atoms with Gasteiger partial charge in [-0.15, -0.1) is 0 Å². The molecule has 0 aliphatic carbocycles. The quantitative estimate of drug-likeness (QED) is 0.406. The van der Waals surface area contributed by atoms with Crippen molar-refractivity contribution in [1.29, 1.82) is 0 Å². The first-order valence-electron chi connectivity index (χ1n) is 9.03. The molecule has 0 aliphatic heterocycles. The Morgan fingerprint density at radius 1 is 0.600 bits per heavy atom. The second kappa shape index (κ2) is 15.3. The fourth-order valence-corrected chi connectivity index (χ4v) is 2.65. The van der Waals surface area contributed by atoms with Crippen molar-refractivity contribution < 1.29 is 10.2 Å². The van der Waals surface area contributed by atoms with Crippen LogP contribution in [-0.2, 0) is 0 Å². The number of hydrogen-bond acceptors (Lipinski definition) is 2. The predicted octanol–water partition coefficient (Wildman–Crippen LogP) is 5.21. The van der Waals surface area contributed by atoms with E-state index in [-0.39, 0.29) is 12.2 Å². The summed E-state index contributed by atoms with van der Waals surface area (Å²) in [4.78, 5) is 0. The zero-order valence-electron chi connectivity index (χ0n) is 13.9. The summed E-state index contributed by atoms with van der Waals surface area (Å²) in [6, 6.07) is 0. The van der Waals surface area contributed by atoms with Crippen LogP contribution in [0.15, 0.2) is 0 Å². The highest BCUT2D eigenvalue weighted by molar-refractivity contribution is 4.57. The van der Waals surface area contributed by atoms with E-state index in [1.165, 1.54) is 57.8 Å². The van der Waals surface area contributed by atoms with E-state index in [1.54, 1.807) is 0 Å². The molecule has 2 nitrogen and oxygen atoms in total. The molecule has 0 radical (unpaired) electrons. The monoisotopic (exact) mass is 286 g/mol. The van der Waals surface area contributed by atoms with Crippen LogP contribution in [0.25, 0.3) is 0 Å². The average molecular weight is 286 g/mol. The summed E-state index contributed by atoms with van der Waals surface area (Å²) in [6.07, 6.45) is 16.5. The third-order valence-electron chi connectivity index (χ3n) is 4.05. The molecule has 2 atom stereocenters. The van der Waals surface area contributed by atoms with Crippen LogP contribution in [0.1, 0.15) is 104 Å². The van der Waals surface area contributed by atoms with Crippen molar-refractivity contribution in [3.05, 3.63) is 0 Å². The van der Waals surface area contributed by atoms with Gasteiger partial charge in [0.2, 0.25) is 0 Å². The third-order valence-corrected chi connectivity index (χ3v) is 4.05. The second-order valence-corrected chi connectivity index (χ2v) is 6.40. The number of unbranched alkanes of at least 4 members (excludes halogenated alkanes) is 9. The second-order valence-electron chi connectivity index (χ2n) is 6.40. The highest BCUT2D eigenvalue weighted by atomic mass is 16.3. The van der Waals surface area contributed by atoms with E-state index in [2.05, 4.69) is 6.92 Å². The van der Waals surface area contributed by atoms with E-state index < -0.39 is 0 Å². The molecule has 2 heteroatoms. The maximum absolute atomic E-state index is 9.89. The highest BCUT2D eigenvalue weighted by Gasteiger charge is 2.03. The summed E-state index contributed by atoms with van der Waals surface area (Å²) in [6.45, 7) is 4.10. The molecule has 2 N–H and O–H groups in total. The summed E-state index contributed by atoms with van der Waals surface area (Å²) in [5.74, 6) is 0. The van der Waals surface area contributed by atoms with Crippen molar-refractivity contribution in [1.82, 2.24) is 0 Å². The normalized spacial score (nSPS) is 14.4. The SMILES string of the molecule is CCCCCCCCC(O)CCCCCCCC(C)O. The Balaban J connectivity index is 3.14. The van der Waals surface area contributed by atoms with Gasteiger partial charge in [-0.05, 0) is 26.2 Å². The average Bonchev–Trinajstić information content (AvgIpc) is 2.41. The van der Waals surface area contributed by atoms with Crippen LogP contribution in [-0.4, -0.2) is 22.4 Å². The molecule has 0 rings (SSSR count). The van der Waals surface area contributed by atoms with Crippen molar-refractivity contribution >= 4 is 0 Å². The molecule has 0 fully saturated rings. The van der Waals surface area contributed by atoms with Gasteiger partial charge in [-0.1, -0.05) is 77.6 Å². The molecule has 0 spiro atoms. The molecule has 0 aromatic heterocycles. The van der Waals surface area contributed by atoms with Crippen molar-refractivity contribution in [3.63, 3.8) is 0 Å². The van der Waals surface area contributed by atoms with E-state index >= 15 is 0 Å². The Morgan fingerprint density at radius 2 is 1.00 bits per heavy atom. The predicted molar refractivity (Wildman–Crippen MR) is 88.0 cm³/mol. The summed E-state index contributed by atoms with van der Waals surface area (Å²) >= 11 is 0. The van der Waals surface area contributed by atoms with Crippen molar-refractivity contribution in [2.75, 3.05) is 0 Å². The molecule has 0 amide bonds. The fraction of sp³-hybridized carbons (Fsp3) is 1.00. The molecule has 0 aromatic rings. The number of aliphatic hydroxyl groups is 2. The van der Waals surface area contributed by atoms with Gasteiger partial charge in [0.25, 0.3) is 0 Å². The van der Waals surface area contributed by atoms with Gasteiger partial charge in [-0.25, -0.2) is 0 Å². The van der Waals surface area contributed by atoms with Gasteiger partial charge in [-0.3, -0.25) is 0 Å². The molecule has 0 heterocycles. The van der Waals surface area contributed by atoms with Crippen LogP contribution in [0.4, 0.5) is 0 Å². The molecule has 0 bridgehead atoms. The largest absolute Gasteiger partial charge is 0.393 e. The van der Waals surface area contributed by atoms with Gasteiger partial charge in [0.15, 0.2) is 0 Å². The standard InChI is InChI=1S/C18H38O2/c1-3-4-5-6-9-12-15-18(20)16-13-10-7-8-11-14-17(2)19/h17-20H,3-16H2,1-2H3. The molecular weight excluding hydrogens is 248 g/mol. The zero-order valence-corrected chi connectivity index (χ0v) is 13.9. The molecule has 20 heavy (non-hydrogen) atoms. The lowest BCUT2D eigenvalue weighted by atomic mass is 10.0. The first-order valence-corrected chi connectivity index (χ1v) is 9.03. The minimum Gasteiger partial charge on any atom is -0.393 e. The van der Waals surface area contributed by atoms with Crippen LogP contribution in [0, 0.1) is 0 Å². The molecule has 122 valence electrons. The van der Waals surface area contributed by atoms with E-state index in [0.717, 1.165) is 32.1 Å². The van der Waals surface area contributed by atoms with Crippen molar-refractivity contribution in [3.8, 4) is 0 Å². The van der Waals surface area contributed by atoms with Crippen molar-refractivity contribution in [2.24, 2.45) is 0 Å². The van der Waals surface area contributed by atoms with E-state index in [9.17, 15) is 5.11 Å². The molecule has 0 saturated heterocycles. The van der Waals surface area contributed by atoms with Crippen LogP contribution in [0.2, 0.25) is 0 Å². The number of aliphatic hydroxyl groups excluding tert-OH is 2. The smallest absolute Gasteiger partial charge is 0.0540 e. The summed E-state index contributed by atoms with van der Waals surface area (Å²) in [7, 11) is 0. The maximum atomic E-state index is 9.89. The Bertz CT molecular complexity index is 180. The van der Waals surface area contributed by atoms with Gasteiger partial charge in [0.1, 0.15) is 0 Å². The minimum absolute atomic E-state index is 0.0707. The van der Waals surface area contributed by atoms with Gasteiger partial charge in [0.05, 0.1) is 12.2 Å². The van der Waals surface area contributed by atoms with Crippen LogP contribution >= 0.6 is 0 Å². The lowest BCUT2D eigenvalue weighted by Crippen LogP contribution is -2.06. The lowest BCUT2D eigenvalue weighted by molar-refractivity contribution is 0.147. The lowest BCUT2D eigenvalue weighted by Gasteiger charge is -2.10. The zero-order chi connectivity index (χ0) is 15.1. The van der Waals surface area contributed by atoms with Crippen LogP contribution < -0.4 is 0 Å². The van der Waals surface area contributed by atoms with Crippen LogP contribution in [0.3, 0.4) is 0 Å². The Kier molecular flexibility index (Phi) is 15.3. The molecule has 0 aliphatic rings. The first kappa shape index (κ1) is 19.9. The van der Waals surface area contributed by atoms with Gasteiger partial charge in [0, 0.05) is 0 Å². The molecule has 2 unspecified atom stereocenters. The van der Waals surface area contributed by atoms with Crippen molar-refractivity contribution in [2.45, 2.75) is 116 Å². The third kappa shape index (κ3) is 16.0. The molecule has 0 aromatic carbocycles. The van der Waals surface area contributed by atoms with Gasteiger partial charge < -0.3 is 10.2 Å². The van der Waals surface area contributed by atoms with Crippen LogP contribution in [0.5, 0.6) is 0 Å². The van der Waals surface area contributed by atoms with Gasteiger partial charge in [-0.2, -0.15) is 0 Å². The Hall–Kier alpha value is -0.0800. The number of hydrogen-bond donors (Lipinski definition) is 2. The molecular formula is C18H38O2. The fourth-order valence-electron chi connectivity index (χ4n) is 2.65. The Labute approximate surface area is 127 Å². The maximum Gasteiger partial charge on any atom is 0.0540 e. The first-order chi connectivity index (χ1) is 9.66. The summed E-state index contributed by atoms with van der Waals surface area (Å²) < 4.78 is 0.